The molecule has 4 nitrogen and oxygen atoms in total. The molecule has 26 heavy (non-hydrogen) atoms. The minimum atomic E-state index is 0.0946. The number of hydrogen-bond acceptors (Lipinski definition) is 4. The normalized spacial score (nSPS) is 11.3. The quantitative estimate of drug-likeness (QED) is 0.387. The molecule has 0 aliphatic rings. The highest BCUT2D eigenvalue weighted by Gasteiger charge is 2.16. The van der Waals surface area contributed by atoms with Crippen molar-refractivity contribution in [3.05, 3.63) is 70.8 Å². The molecule has 130 valence electrons. The van der Waals surface area contributed by atoms with Crippen molar-refractivity contribution >= 4 is 34.1 Å². The van der Waals surface area contributed by atoms with Gasteiger partial charge in [-0.2, -0.15) is 0 Å². The van der Waals surface area contributed by atoms with Gasteiger partial charge in [-0.3, -0.25) is 9.20 Å². The van der Waals surface area contributed by atoms with Crippen LogP contribution in [0.4, 0.5) is 0 Å². The second-order valence-electron chi connectivity index (χ2n) is 6.49. The van der Waals surface area contributed by atoms with Crippen LogP contribution < -0.4 is 0 Å². The van der Waals surface area contributed by atoms with E-state index in [9.17, 15) is 4.79 Å². The van der Waals surface area contributed by atoms with E-state index in [4.69, 9.17) is 0 Å². The average molecular weight is 361 g/mol. The summed E-state index contributed by atoms with van der Waals surface area (Å²) in [5.41, 5.74) is 6.21. The maximum absolute atomic E-state index is 12.4. The number of carbonyl (C=O) groups excluding carboxylic acids is 1. The molecule has 0 saturated heterocycles. The van der Waals surface area contributed by atoms with Crippen molar-refractivity contribution in [1.29, 1.82) is 0 Å². The van der Waals surface area contributed by atoms with E-state index in [1.165, 1.54) is 22.9 Å². The lowest BCUT2D eigenvalue weighted by molar-refractivity contribution is 0.102. The lowest BCUT2D eigenvalue weighted by Crippen LogP contribution is -2.03. The lowest BCUT2D eigenvalue weighted by Gasteiger charge is -2.11. The molecular weight excluding hydrogens is 342 g/mol. The third kappa shape index (κ3) is 2.78. The van der Waals surface area contributed by atoms with E-state index in [0.717, 1.165) is 32.8 Å². The predicted molar refractivity (Wildman–Crippen MR) is 106 cm³/mol. The van der Waals surface area contributed by atoms with E-state index in [1.54, 1.807) is 0 Å². The highest BCUT2D eigenvalue weighted by molar-refractivity contribution is 7.99. The van der Waals surface area contributed by atoms with E-state index in [2.05, 4.69) is 46.6 Å². The summed E-state index contributed by atoms with van der Waals surface area (Å²) in [4.78, 5) is 12.4. The van der Waals surface area contributed by atoms with Gasteiger partial charge in [0.05, 0.1) is 11.3 Å². The Morgan fingerprint density at radius 3 is 2.54 bits per heavy atom. The number of benzene rings is 2. The van der Waals surface area contributed by atoms with Crippen LogP contribution in [-0.2, 0) is 0 Å². The molecule has 0 radical (unpaired) electrons. The zero-order valence-electron chi connectivity index (χ0n) is 15.0. The largest absolute Gasteiger partial charge is 0.293 e. The zero-order valence-corrected chi connectivity index (χ0v) is 15.8. The van der Waals surface area contributed by atoms with Crippen LogP contribution in [-0.4, -0.2) is 26.1 Å². The first kappa shape index (κ1) is 16.8. The van der Waals surface area contributed by atoms with E-state index in [0.29, 0.717) is 5.75 Å². The van der Waals surface area contributed by atoms with Gasteiger partial charge in [0.25, 0.3) is 0 Å². The van der Waals surface area contributed by atoms with Gasteiger partial charge >= 0.3 is 0 Å². The van der Waals surface area contributed by atoms with Gasteiger partial charge in [-0.1, -0.05) is 54.2 Å². The number of fused-ring (bicyclic) bond motifs is 3. The minimum absolute atomic E-state index is 0.0946. The Kier molecular flexibility index (Phi) is 4.24. The number of hydrogen-bond donors (Lipinski definition) is 0. The van der Waals surface area contributed by atoms with Crippen LogP contribution in [0, 0.1) is 20.8 Å². The third-order valence-corrected chi connectivity index (χ3v) is 5.67. The smallest absolute Gasteiger partial charge is 0.196 e. The van der Waals surface area contributed by atoms with Gasteiger partial charge in [-0.05, 0) is 48.9 Å². The topological polar surface area (TPSA) is 47.3 Å². The highest BCUT2D eigenvalue weighted by atomic mass is 32.2. The Balaban J connectivity index is 1.79. The molecule has 0 N–H and O–H groups in total. The number of rotatable bonds is 4. The van der Waals surface area contributed by atoms with Gasteiger partial charge in [-0.25, -0.2) is 0 Å². The van der Waals surface area contributed by atoms with Gasteiger partial charge in [0.2, 0.25) is 0 Å². The fourth-order valence-electron chi connectivity index (χ4n) is 3.19. The first-order valence-electron chi connectivity index (χ1n) is 8.52. The number of ketones is 1. The first-order valence-corrected chi connectivity index (χ1v) is 9.50. The van der Waals surface area contributed by atoms with Crippen molar-refractivity contribution in [2.45, 2.75) is 25.9 Å². The van der Waals surface area contributed by atoms with Crippen LogP contribution in [0.25, 0.3) is 16.6 Å². The summed E-state index contributed by atoms with van der Waals surface area (Å²) in [6, 6.07) is 15.8. The molecule has 0 fully saturated rings. The maximum atomic E-state index is 12.4. The van der Waals surface area contributed by atoms with Crippen LogP contribution in [0.15, 0.2) is 53.7 Å². The number of carbonyl (C=O) groups is 1. The Labute approximate surface area is 156 Å². The van der Waals surface area contributed by atoms with E-state index in [-0.39, 0.29) is 5.78 Å². The molecule has 2 aromatic heterocycles. The molecule has 4 rings (SSSR count). The van der Waals surface area contributed by atoms with Crippen LogP contribution in [0.2, 0.25) is 0 Å². The monoisotopic (exact) mass is 361 g/mol. The molecule has 0 bridgehead atoms. The fraction of sp³-hybridized carbons (Fsp3) is 0.190. The minimum Gasteiger partial charge on any atom is -0.293 e. The molecule has 0 aliphatic carbocycles. The van der Waals surface area contributed by atoms with E-state index >= 15 is 0 Å². The molecule has 2 aromatic carbocycles. The molecule has 0 unspecified atom stereocenters. The summed E-state index contributed by atoms with van der Waals surface area (Å²) in [6.07, 6.45) is 0. The summed E-state index contributed by atoms with van der Waals surface area (Å²) in [6.45, 7) is 6.27. The van der Waals surface area contributed by atoms with E-state index < -0.39 is 0 Å². The molecular formula is C21H19N3OS. The SMILES string of the molecule is Cc1ccc2cc(C)c3nnc(SCC(=O)c4ccccc4)n3c2c1C. The van der Waals surface area contributed by atoms with E-state index in [1.807, 2.05) is 37.3 Å². The molecule has 0 atom stereocenters. The molecule has 4 aromatic rings. The van der Waals surface area contributed by atoms with Gasteiger partial charge < -0.3 is 0 Å². The highest BCUT2D eigenvalue weighted by Crippen LogP contribution is 2.29. The first-order chi connectivity index (χ1) is 12.6. The van der Waals surface area contributed by atoms with Crippen molar-refractivity contribution in [2.75, 3.05) is 5.75 Å². The lowest BCUT2D eigenvalue weighted by atomic mass is 10.0. The fourth-order valence-corrected chi connectivity index (χ4v) is 4.02. The number of thioether (sulfide) groups is 1. The molecule has 0 amide bonds. The standard InChI is InChI=1S/C21H19N3OS/c1-13-9-10-17-11-14(2)20-22-23-21(24(20)19(17)15(13)3)26-12-18(25)16-7-5-4-6-8-16/h4-11H,12H2,1-3H3. The summed E-state index contributed by atoms with van der Waals surface area (Å²) < 4.78 is 2.09. The van der Waals surface area contributed by atoms with Gasteiger partial charge in [0.1, 0.15) is 0 Å². The molecule has 2 heterocycles. The van der Waals surface area contributed by atoms with Crippen molar-refractivity contribution in [1.82, 2.24) is 14.6 Å². The van der Waals surface area contributed by atoms with Crippen molar-refractivity contribution in [3.63, 3.8) is 0 Å². The number of Topliss-reactive ketones (excluding diaryl/α,β-unsaturated/α-hetero) is 1. The Bertz CT molecular complexity index is 1130. The van der Waals surface area contributed by atoms with Gasteiger partial charge in [-0.15, -0.1) is 10.2 Å². The molecule has 0 saturated carbocycles. The maximum Gasteiger partial charge on any atom is 0.196 e. The van der Waals surface area contributed by atoms with Crippen molar-refractivity contribution in [3.8, 4) is 0 Å². The Morgan fingerprint density at radius 2 is 1.77 bits per heavy atom. The summed E-state index contributed by atoms with van der Waals surface area (Å²) in [5.74, 6) is 0.433. The second-order valence-corrected chi connectivity index (χ2v) is 7.43. The number of aromatic nitrogens is 3. The van der Waals surface area contributed by atoms with Gasteiger partial charge in [0, 0.05) is 5.56 Å². The Hall–Kier alpha value is -2.66. The summed E-state index contributed by atoms with van der Waals surface area (Å²) in [5, 5.41) is 10.7. The molecule has 5 heteroatoms. The third-order valence-electron chi connectivity index (χ3n) is 4.74. The van der Waals surface area contributed by atoms with Crippen LogP contribution in [0.3, 0.4) is 0 Å². The van der Waals surface area contributed by atoms with Crippen LogP contribution >= 0.6 is 11.8 Å². The van der Waals surface area contributed by atoms with Crippen molar-refractivity contribution < 1.29 is 4.79 Å². The van der Waals surface area contributed by atoms with Gasteiger partial charge in [0.15, 0.2) is 16.6 Å². The molecule has 0 spiro atoms. The van der Waals surface area contributed by atoms with Crippen LogP contribution in [0.5, 0.6) is 0 Å². The van der Waals surface area contributed by atoms with Crippen LogP contribution in [0.1, 0.15) is 27.0 Å². The predicted octanol–water partition coefficient (Wildman–Crippen LogP) is 4.78. The zero-order chi connectivity index (χ0) is 18.3. The molecule has 0 aliphatic heterocycles. The average Bonchev–Trinajstić information content (AvgIpc) is 3.08. The number of aryl methyl sites for hydroxylation is 3. The summed E-state index contributed by atoms with van der Waals surface area (Å²) >= 11 is 1.44. The number of nitrogens with zero attached hydrogens (tertiary/aromatic N) is 3. The Morgan fingerprint density at radius 1 is 1.00 bits per heavy atom. The summed E-state index contributed by atoms with van der Waals surface area (Å²) in [7, 11) is 0. The number of pyridine rings is 1. The second kappa shape index (κ2) is 6.57. The van der Waals surface area contributed by atoms with Crippen molar-refractivity contribution in [2.24, 2.45) is 0 Å².